The maximum absolute atomic E-state index is 11.2. The molecule has 112 valence electrons. The number of rotatable bonds is 8. The molecule has 0 amide bonds. The first kappa shape index (κ1) is 17.0. The van der Waals surface area contributed by atoms with E-state index in [4.69, 9.17) is 5.11 Å². The highest BCUT2D eigenvalue weighted by Gasteiger charge is 2.11. The van der Waals surface area contributed by atoms with E-state index in [9.17, 15) is 4.79 Å². The van der Waals surface area contributed by atoms with Gasteiger partial charge in [-0.05, 0) is 31.1 Å². The fourth-order valence-electron chi connectivity index (χ4n) is 1.84. The minimum atomic E-state index is -0.889. The molecule has 0 fully saturated rings. The van der Waals surface area contributed by atoms with Crippen molar-refractivity contribution in [3.05, 3.63) is 23.4 Å². The highest BCUT2D eigenvalue weighted by Crippen LogP contribution is 2.22. The zero-order valence-electron chi connectivity index (χ0n) is 12.7. The molecule has 0 unspecified atom stereocenters. The Morgan fingerprint density at radius 1 is 1.35 bits per heavy atom. The summed E-state index contributed by atoms with van der Waals surface area (Å²) in [5.74, 6) is 0.270. The third kappa shape index (κ3) is 5.13. The third-order valence-electron chi connectivity index (χ3n) is 3.21. The zero-order chi connectivity index (χ0) is 15.1. The zero-order valence-corrected chi connectivity index (χ0v) is 13.5. The van der Waals surface area contributed by atoms with E-state index >= 15 is 0 Å². The molecule has 1 aromatic rings. The first-order chi connectivity index (χ1) is 9.47. The number of aromatic nitrogens is 1. The van der Waals surface area contributed by atoms with Gasteiger partial charge in [0.25, 0.3) is 0 Å². The van der Waals surface area contributed by atoms with Crippen molar-refractivity contribution < 1.29 is 9.90 Å². The largest absolute Gasteiger partial charge is 0.478 e. The number of hydrogen-bond acceptors (Lipinski definition) is 4. The Morgan fingerprint density at radius 3 is 2.50 bits per heavy atom. The average molecular weight is 296 g/mol. The van der Waals surface area contributed by atoms with Gasteiger partial charge in [-0.2, -0.15) is 0 Å². The summed E-state index contributed by atoms with van der Waals surface area (Å²) >= 11 is 1.63. The number of aromatic carboxylic acids is 1. The third-order valence-corrected chi connectivity index (χ3v) is 4.10. The Morgan fingerprint density at radius 2 is 2.00 bits per heavy atom. The predicted octanol–water partition coefficient (Wildman–Crippen LogP) is 3.34. The molecule has 0 radical (unpaired) electrons. The van der Waals surface area contributed by atoms with Crippen LogP contribution < -0.4 is 0 Å². The second-order valence-corrected chi connectivity index (χ2v) is 6.07. The van der Waals surface area contributed by atoms with Crippen molar-refractivity contribution in [3.8, 4) is 0 Å². The Hall–Kier alpha value is -1.07. The van der Waals surface area contributed by atoms with Crippen LogP contribution in [0.1, 0.15) is 49.7 Å². The first-order valence-corrected chi connectivity index (χ1v) is 8.06. The van der Waals surface area contributed by atoms with Crippen molar-refractivity contribution in [1.29, 1.82) is 0 Å². The van der Waals surface area contributed by atoms with Crippen molar-refractivity contribution in [2.24, 2.45) is 0 Å². The molecule has 0 aromatic carbocycles. The van der Waals surface area contributed by atoms with Gasteiger partial charge in [-0.25, -0.2) is 9.78 Å². The Kier molecular flexibility index (Phi) is 7.02. The minimum Gasteiger partial charge on any atom is -0.478 e. The number of carbonyl (C=O) groups is 1. The molecular formula is C15H24N2O2S. The molecule has 0 spiro atoms. The van der Waals surface area contributed by atoms with E-state index in [1.165, 1.54) is 0 Å². The van der Waals surface area contributed by atoms with Gasteiger partial charge < -0.3 is 10.0 Å². The lowest BCUT2D eigenvalue weighted by Crippen LogP contribution is -2.25. The molecule has 5 heteroatoms. The second kappa shape index (κ2) is 8.27. The van der Waals surface area contributed by atoms with E-state index in [2.05, 4.69) is 23.7 Å². The molecule has 0 aliphatic rings. The van der Waals surface area contributed by atoms with Gasteiger partial charge >= 0.3 is 5.97 Å². The SMILES string of the molecule is CCN(CC)CCSc1cc(C(=O)O)cc(C(C)C)n1. The standard InChI is InChI=1S/C15H24N2O2S/c1-5-17(6-2)7-8-20-14-10-12(15(18)19)9-13(16-14)11(3)4/h9-11H,5-8H2,1-4H3,(H,18,19). The summed E-state index contributed by atoms with van der Waals surface area (Å²) in [6.45, 7) is 11.4. The lowest BCUT2D eigenvalue weighted by atomic mass is 10.1. The predicted molar refractivity (Wildman–Crippen MR) is 83.8 cm³/mol. The van der Waals surface area contributed by atoms with Gasteiger partial charge in [0, 0.05) is 18.0 Å². The molecule has 1 rings (SSSR count). The summed E-state index contributed by atoms with van der Waals surface area (Å²) in [4.78, 5) is 18.0. The van der Waals surface area contributed by atoms with Crippen LogP contribution in [0.2, 0.25) is 0 Å². The van der Waals surface area contributed by atoms with Crippen LogP contribution in [0.5, 0.6) is 0 Å². The Balaban J connectivity index is 2.76. The molecule has 0 saturated carbocycles. The van der Waals surface area contributed by atoms with Crippen molar-refractivity contribution in [2.45, 2.75) is 38.6 Å². The van der Waals surface area contributed by atoms with Crippen LogP contribution in [0.25, 0.3) is 0 Å². The molecule has 1 aromatic heterocycles. The van der Waals surface area contributed by atoms with Crippen LogP contribution in [0, 0.1) is 0 Å². The monoisotopic (exact) mass is 296 g/mol. The number of carboxylic acids is 1. The molecule has 0 aliphatic heterocycles. The Bertz CT molecular complexity index is 445. The molecule has 0 bridgehead atoms. The molecule has 4 nitrogen and oxygen atoms in total. The van der Waals surface area contributed by atoms with Gasteiger partial charge in [0.2, 0.25) is 0 Å². The van der Waals surface area contributed by atoms with Crippen molar-refractivity contribution >= 4 is 17.7 Å². The van der Waals surface area contributed by atoms with Gasteiger partial charge in [-0.3, -0.25) is 0 Å². The van der Waals surface area contributed by atoms with E-state index in [0.29, 0.717) is 5.56 Å². The van der Waals surface area contributed by atoms with Crippen LogP contribution in [0.15, 0.2) is 17.2 Å². The maximum atomic E-state index is 11.2. The summed E-state index contributed by atoms with van der Waals surface area (Å²) in [6, 6.07) is 3.34. The van der Waals surface area contributed by atoms with E-state index in [1.54, 1.807) is 23.9 Å². The second-order valence-electron chi connectivity index (χ2n) is 4.95. The van der Waals surface area contributed by atoms with Crippen LogP contribution >= 0.6 is 11.8 Å². The number of hydrogen-bond donors (Lipinski definition) is 1. The van der Waals surface area contributed by atoms with Crippen molar-refractivity contribution in [3.63, 3.8) is 0 Å². The van der Waals surface area contributed by atoms with Crippen LogP contribution in [0.3, 0.4) is 0 Å². The number of thioether (sulfide) groups is 1. The van der Waals surface area contributed by atoms with E-state index in [0.717, 1.165) is 36.1 Å². The van der Waals surface area contributed by atoms with E-state index in [-0.39, 0.29) is 5.92 Å². The summed E-state index contributed by atoms with van der Waals surface area (Å²) in [5.41, 5.74) is 1.17. The van der Waals surface area contributed by atoms with Gasteiger partial charge in [0.15, 0.2) is 0 Å². The van der Waals surface area contributed by atoms with Crippen LogP contribution in [-0.2, 0) is 0 Å². The molecule has 1 heterocycles. The highest BCUT2D eigenvalue weighted by molar-refractivity contribution is 7.99. The normalized spacial score (nSPS) is 11.3. The molecule has 0 aliphatic carbocycles. The fraction of sp³-hybridized carbons (Fsp3) is 0.600. The molecule has 0 saturated heterocycles. The molecular weight excluding hydrogens is 272 g/mol. The Labute approximate surface area is 125 Å². The van der Waals surface area contributed by atoms with Crippen molar-refractivity contribution in [2.75, 3.05) is 25.4 Å². The number of carboxylic acid groups (broad SMARTS) is 1. The summed E-state index contributed by atoms with van der Waals surface area (Å²) in [5, 5.41) is 9.97. The molecule has 0 atom stereocenters. The number of nitrogens with zero attached hydrogens (tertiary/aromatic N) is 2. The smallest absolute Gasteiger partial charge is 0.335 e. The van der Waals surface area contributed by atoms with E-state index in [1.807, 2.05) is 13.8 Å². The van der Waals surface area contributed by atoms with Gasteiger partial charge in [-0.1, -0.05) is 27.7 Å². The minimum absolute atomic E-state index is 0.233. The van der Waals surface area contributed by atoms with Gasteiger partial charge in [0.1, 0.15) is 0 Å². The lowest BCUT2D eigenvalue weighted by molar-refractivity contribution is 0.0696. The van der Waals surface area contributed by atoms with Crippen molar-refractivity contribution in [1.82, 2.24) is 9.88 Å². The quantitative estimate of drug-likeness (QED) is 0.746. The molecule has 1 N–H and O–H groups in total. The first-order valence-electron chi connectivity index (χ1n) is 7.08. The summed E-state index contributed by atoms with van der Waals surface area (Å²) in [6.07, 6.45) is 0. The maximum Gasteiger partial charge on any atom is 0.335 e. The van der Waals surface area contributed by atoms with E-state index < -0.39 is 5.97 Å². The molecule has 20 heavy (non-hydrogen) atoms. The highest BCUT2D eigenvalue weighted by atomic mass is 32.2. The van der Waals surface area contributed by atoms with Crippen LogP contribution in [-0.4, -0.2) is 46.3 Å². The summed E-state index contributed by atoms with van der Waals surface area (Å²) < 4.78 is 0. The number of pyridine rings is 1. The topological polar surface area (TPSA) is 53.4 Å². The van der Waals surface area contributed by atoms with Gasteiger partial charge in [0.05, 0.1) is 10.6 Å². The average Bonchev–Trinajstić information content (AvgIpc) is 2.43. The van der Waals surface area contributed by atoms with Gasteiger partial charge in [-0.15, -0.1) is 11.8 Å². The van der Waals surface area contributed by atoms with Crippen LogP contribution in [0.4, 0.5) is 0 Å². The summed E-state index contributed by atoms with van der Waals surface area (Å²) in [7, 11) is 0. The lowest BCUT2D eigenvalue weighted by Gasteiger charge is -2.17. The fourth-order valence-corrected chi connectivity index (χ4v) is 2.78.